The predicted octanol–water partition coefficient (Wildman–Crippen LogP) is 3.23. The van der Waals surface area contributed by atoms with Crippen LogP contribution in [0.2, 0.25) is 0 Å². The third-order valence-electron chi connectivity index (χ3n) is 4.77. The second-order valence-electron chi connectivity index (χ2n) is 6.97. The number of fused-ring (bicyclic) bond motifs is 1. The number of ether oxygens (including phenoxy) is 1. The zero-order valence-electron chi connectivity index (χ0n) is 17.1. The summed E-state index contributed by atoms with van der Waals surface area (Å²) in [5.41, 5.74) is 2.07. The van der Waals surface area contributed by atoms with E-state index < -0.39 is 22.0 Å². The number of sulfonamides is 1. The summed E-state index contributed by atoms with van der Waals surface area (Å²) in [6.07, 6.45) is 0.168. The highest BCUT2D eigenvalue weighted by Crippen LogP contribution is 2.22. The number of carbonyl (C=O) groups excluding carboxylic acids is 1. The van der Waals surface area contributed by atoms with Gasteiger partial charge in [0.05, 0.1) is 18.8 Å². The van der Waals surface area contributed by atoms with Crippen molar-refractivity contribution in [2.45, 2.75) is 17.4 Å². The second-order valence-corrected chi connectivity index (χ2v) is 9.18. The normalized spacial score (nSPS) is 12.4. The molecule has 10 heteroatoms. The highest BCUT2D eigenvalue weighted by molar-refractivity contribution is 7.89. The molecule has 0 unspecified atom stereocenters. The minimum Gasteiger partial charge on any atom is -0.497 e. The van der Waals surface area contributed by atoms with Gasteiger partial charge in [-0.25, -0.2) is 8.42 Å². The van der Waals surface area contributed by atoms with E-state index in [1.807, 2.05) is 30.3 Å². The Balaban J connectivity index is 1.64. The fourth-order valence-corrected chi connectivity index (χ4v) is 5.18. The Morgan fingerprint density at radius 2 is 1.81 bits per heavy atom. The van der Waals surface area contributed by atoms with Crippen molar-refractivity contribution in [2.75, 3.05) is 12.4 Å². The SMILES string of the molecule is COc1cccc(NC(=O)[C@H](Cc2ccccc2)NS(=O)(=O)c2cccc3nsnc23)c1. The number of nitrogens with zero attached hydrogens (tertiary/aromatic N) is 2. The Labute approximate surface area is 189 Å². The Kier molecular flexibility index (Phi) is 6.45. The Morgan fingerprint density at radius 3 is 2.59 bits per heavy atom. The van der Waals surface area contributed by atoms with E-state index in [9.17, 15) is 13.2 Å². The summed E-state index contributed by atoms with van der Waals surface area (Å²) in [7, 11) is -2.53. The lowest BCUT2D eigenvalue weighted by molar-refractivity contribution is -0.117. The molecule has 1 atom stereocenters. The number of hydrogen-bond acceptors (Lipinski definition) is 7. The van der Waals surface area contributed by atoms with Crippen LogP contribution in [0.1, 0.15) is 5.56 Å². The van der Waals surface area contributed by atoms with Crippen LogP contribution in [-0.4, -0.2) is 36.2 Å². The first-order valence-corrected chi connectivity index (χ1v) is 11.9. The van der Waals surface area contributed by atoms with Crippen molar-refractivity contribution in [2.24, 2.45) is 0 Å². The van der Waals surface area contributed by atoms with Crippen LogP contribution in [0.25, 0.3) is 11.0 Å². The number of aromatic nitrogens is 2. The number of rotatable bonds is 8. The van der Waals surface area contributed by atoms with Gasteiger partial charge in [0.25, 0.3) is 0 Å². The van der Waals surface area contributed by atoms with Crippen LogP contribution >= 0.6 is 11.7 Å². The highest BCUT2D eigenvalue weighted by atomic mass is 32.2. The van der Waals surface area contributed by atoms with Crippen molar-refractivity contribution in [3.05, 3.63) is 78.4 Å². The van der Waals surface area contributed by atoms with Gasteiger partial charge in [0.1, 0.15) is 27.7 Å². The first kappa shape index (κ1) is 21.9. The number of nitrogens with one attached hydrogen (secondary N) is 2. The van der Waals surface area contributed by atoms with Crippen molar-refractivity contribution < 1.29 is 17.9 Å². The van der Waals surface area contributed by atoms with Crippen molar-refractivity contribution in [3.63, 3.8) is 0 Å². The lowest BCUT2D eigenvalue weighted by Gasteiger charge is -2.19. The molecule has 1 heterocycles. The largest absolute Gasteiger partial charge is 0.497 e. The maximum atomic E-state index is 13.2. The third kappa shape index (κ3) is 4.93. The van der Waals surface area contributed by atoms with Crippen LogP contribution in [0.3, 0.4) is 0 Å². The van der Waals surface area contributed by atoms with Crippen LogP contribution < -0.4 is 14.8 Å². The van der Waals surface area contributed by atoms with Gasteiger partial charge in [-0.3, -0.25) is 4.79 Å². The van der Waals surface area contributed by atoms with Gasteiger partial charge in [-0.2, -0.15) is 13.5 Å². The van der Waals surface area contributed by atoms with Crippen molar-refractivity contribution in [3.8, 4) is 5.75 Å². The Hall–Kier alpha value is -3.34. The smallest absolute Gasteiger partial charge is 0.243 e. The molecule has 0 fully saturated rings. The first-order chi connectivity index (χ1) is 15.5. The number of carbonyl (C=O) groups is 1. The number of anilines is 1. The van der Waals surface area contributed by atoms with Crippen LogP contribution in [0.5, 0.6) is 5.75 Å². The van der Waals surface area contributed by atoms with Gasteiger partial charge in [-0.05, 0) is 36.2 Å². The zero-order valence-corrected chi connectivity index (χ0v) is 18.7. The zero-order chi connectivity index (χ0) is 22.6. The minimum atomic E-state index is -4.06. The molecule has 164 valence electrons. The summed E-state index contributed by atoms with van der Waals surface area (Å²) in [5, 5.41) is 2.77. The van der Waals surface area contributed by atoms with Crippen LogP contribution in [0, 0.1) is 0 Å². The molecular weight excluding hydrogens is 448 g/mol. The number of amides is 1. The van der Waals surface area contributed by atoms with E-state index in [-0.39, 0.29) is 16.8 Å². The van der Waals surface area contributed by atoms with Crippen molar-refractivity contribution in [1.82, 2.24) is 13.5 Å². The van der Waals surface area contributed by atoms with Gasteiger partial charge in [0.15, 0.2) is 0 Å². The predicted molar refractivity (Wildman–Crippen MR) is 123 cm³/mol. The second kappa shape index (κ2) is 9.43. The summed E-state index contributed by atoms with van der Waals surface area (Å²) in [6.45, 7) is 0. The Bertz CT molecular complexity index is 1340. The molecule has 3 aromatic carbocycles. The summed E-state index contributed by atoms with van der Waals surface area (Å²) < 4.78 is 42.4. The molecule has 0 radical (unpaired) electrons. The lowest BCUT2D eigenvalue weighted by atomic mass is 10.1. The molecular formula is C22H20N4O4S2. The van der Waals surface area contributed by atoms with E-state index >= 15 is 0 Å². The summed E-state index contributed by atoms with van der Waals surface area (Å²) in [5.74, 6) is 0.0833. The topological polar surface area (TPSA) is 110 Å². The molecule has 4 aromatic rings. The van der Waals surface area contributed by atoms with Gasteiger partial charge in [0.2, 0.25) is 15.9 Å². The molecule has 8 nitrogen and oxygen atoms in total. The van der Waals surface area contributed by atoms with E-state index in [2.05, 4.69) is 18.8 Å². The van der Waals surface area contributed by atoms with Crippen LogP contribution in [-0.2, 0) is 21.2 Å². The molecule has 0 bridgehead atoms. The van der Waals surface area contributed by atoms with E-state index in [4.69, 9.17) is 4.74 Å². The molecule has 0 saturated carbocycles. The average molecular weight is 469 g/mol. The summed E-state index contributed by atoms with van der Waals surface area (Å²) in [4.78, 5) is 13.1. The van der Waals surface area contributed by atoms with Gasteiger partial charge < -0.3 is 10.1 Å². The maximum Gasteiger partial charge on any atom is 0.243 e. The fourth-order valence-electron chi connectivity index (χ4n) is 3.22. The number of hydrogen-bond donors (Lipinski definition) is 2. The van der Waals surface area contributed by atoms with Gasteiger partial charge >= 0.3 is 0 Å². The van der Waals surface area contributed by atoms with Gasteiger partial charge in [-0.15, -0.1) is 0 Å². The maximum absolute atomic E-state index is 13.2. The van der Waals surface area contributed by atoms with Crippen LogP contribution in [0.4, 0.5) is 5.69 Å². The molecule has 1 aromatic heterocycles. The molecule has 0 aliphatic rings. The van der Waals surface area contributed by atoms with Gasteiger partial charge in [-0.1, -0.05) is 42.5 Å². The van der Waals surface area contributed by atoms with Crippen LogP contribution in [0.15, 0.2) is 77.7 Å². The minimum absolute atomic E-state index is 0.0176. The quantitative estimate of drug-likeness (QED) is 0.411. The molecule has 32 heavy (non-hydrogen) atoms. The monoisotopic (exact) mass is 468 g/mol. The first-order valence-electron chi connectivity index (χ1n) is 9.69. The lowest BCUT2D eigenvalue weighted by Crippen LogP contribution is -2.45. The molecule has 0 aliphatic carbocycles. The standard InChI is InChI=1S/C22H20N4O4S2/c1-30-17-10-5-9-16(14-17)23-22(27)19(13-15-7-3-2-4-8-15)26-32(28,29)20-12-6-11-18-21(20)25-31-24-18/h2-12,14,19,26H,13H2,1H3,(H,23,27)/t19-/m0/s1. The van der Waals surface area contributed by atoms with E-state index in [1.165, 1.54) is 13.2 Å². The number of methoxy groups -OCH3 is 1. The van der Waals surface area contributed by atoms with Crippen molar-refractivity contribution >= 4 is 44.4 Å². The van der Waals surface area contributed by atoms with Gasteiger partial charge in [0, 0.05) is 11.8 Å². The van der Waals surface area contributed by atoms with E-state index in [0.717, 1.165) is 17.3 Å². The highest BCUT2D eigenvalue weighted by Gasteiger charge is 2.28. The summed E-state index contributed by atoms with van der Waals surface area (Å²) >= 11 is 0.933. The number of benzene rings is 3. The molecule has 4 rings (SSSR count). The molecule has 2 N–H and O–H groups in total. The molecule has 0 saturated heterocycles. The van der Waals surface area contributed by atoms with Crippen molar-refractivity contribution in [1.29, 1.82) is 0 Å². The summed E-state index contributed by atoms with van der Waals surface area (Å²) in [6, 6.07) is 19.7. The van der Waals surface area contributed by atoms with E-state index in [0.29, 0.717) is 17.0 Å². The molecule has 0 aliphatic heterocycles. The molecule has 0 spiro atoms. The third-order valence-corrected chi connectivity index (χ3v) is 6.82. The van der Waals surface area contributed by atoms with E-state index in [1.54, 1.807) is 36.4 Å². The molecule has 1 amide bonds. The fraction of sp³-hybridized carbons (Fsp3) is 0.136. The Morgan fingerprint density at radius 1 is 1.03 bits per heavy atom. The average Bonchev–Trinajstić information content (AvgIpc) is 3.28.